The van der Waals surface area contributed by atoms with Crippen LogP contribution in [-0.2, 0) is 11.2 Å². The lowest BCUT2D eigenvalue weighted by Gasteiger charge is -2.08. The molecule has 2 rings (SSSR count). The standard InChI is InChI=1S/C16H14Br2FNO2/c17-12-2-4-13(5-3-12)22-10-16(21)20-8-7-11-1-6-15(19)14(18)9-11/h1-6,9H,7-8,10H2,(H,20,21). The van der Waals surface area contributed by atoms with Gasteiger partial charge in [-0.15, -0.1) is 0 Å². The van der Waals surface area contributed by atoms with E-state index >= 15 is 0 Å². The van der Waals surface area contributed by atoms with Crippen LogP contribution >= 0.6 is 31.9 Å². The van der Waals surface area contributed by atoms with Crippen LogP contribution in [0.3, 0.4) is 0 Å². The van der Waals surface area contributed by atoms with Crippen molar-refractivity contribution >= 4 is 37.8 Å². The molecule has 0 aliphatic carbocycles. The summed E-state index contributed by atoms with van der Waals surface area (Å²) in [5, 5.41) is 2.76. The number of amides is 1. The van der Waals surface area contributed by atoms with Crippen LogP contribution in [0.2, 0.25) is 0 Å². The predicted molar refractivity (Wildman–Crippen MR) is 90.5 cm³/mol. The van der Waals surface area contributed by atoms with Crippen molar-refractivity contribution in [2.75, 3.05) is 13.2 Å². The van der Waals surface area contributed by atoms with Crippen LogP contribution in [0.5, 0.6) is 5.75 Å². The minimum Gasteiger partial charge on any atom is -0.484 e. The van der Waals surface area contributed by atoms with Crippen molar-refractivity contribution in [1.82, 2.24) is 5.32 Å². The molecule has 22 heavy (non-hydrogen) atoms. The summed E-state index contributed by atoms with van der Waals surface area (Å²) < 4.78 is 19.8. The molecule has 1 N–H and O–H groups in total. The van der Waals surface area contributed by atoms with E-state index in [0.717, 1.165) is 10.0 Å². The van der Waals surface area contributed by atoms with Gasteiger partial charge in [-0.05, 0) is 64.3 Å². The van der Waals surface area contributed by atoms with Gasteiger partial charge in [-0.25, -0.2) is 4.39 Å². The van der Waals surface area contributed by atoms with Gasteiger partial charge in [0.25, 0.3) is 5.91 Å². The lowest BCUT2D eigenvalue weighted by molar-refractivity contribution is -0.123. The average Bonchev–Trinajstić information content (AvgIpc) is 2.50. The third-order valence-corrected chi connectivity index (χ3v) is 4.04. The maximum atomic E-state index is 13.1. The predicted octanol–water partition coefficient (Wildman–Crippen LogP) is 4.09. The van der Waals surface area contributed by atoms with Gasteiger partial charge >= 0.3 is 0 Å². The lowest BCUT2D eigenvalue weighted by Crippen LogP contribution is -2.30. The summed E-state index contributed by atoms with van der Waals surface area (Å²) in [6.45, 7) is 0.440. The zero-order valence-corrected chi connectivity index (χ0v) is 14.8. The summed E-state index contributed by atoms with van der Waals surface area (Å²) in [6, 6.07) is 12.1. The highest BCUT2D eigenvalue weighted by Gasteiger charge is 2.04. The number of halogens is 3. The molecule has 0 fully saturated rings. The van der Waals surface area contributed by atoms with Crippen LogP contribution in [-0.4, -0.2) is 19.1 Å². The van der Waals surface area contributed by atoms with Crippen molar-refractivity contribution in [3.05, 3.63) is 62.8 Å². The molecule has 0 aliphatic heterocycles. The summed E-state index contributed by atoms with van der Waals surface area (Å²) in [7, 11) is 0. The topological polar surface area (TPSA) is 38.3 Å². The Hall–Kier alpha value is -1.40. The largest absolute Gasteiger partial charge is 0.484 e. The van der Waals surface area contributed by atoms with E-state index in [1.54, 1.807) is 24.3 Å². The first-order chi connectivity index (χ1) is 10.5. The molecule has 0 unspecified atom stereocenters. The van der Waals surface area contributed by atoms with Gasteiger partial charge in [0.2, 0.25) is 0 Å². The molecule has 0 aromatic heterocycles. The van der Waals surface area contributed by atoms with E-state index in [4.69, 9.17) is 4.74 Å². The summed E-state index contributed by atoms with van der Waals surface area (Å²) in [6.07, 6.45) is 0.628. The quantitative estimate of drug-likeness (QED) is 0.749. The minimum absolute atomic E-state index is 0.0330. The fraction of sp³-hybridized carbons (Fsp3) is 0.188. The highest BCUT2D eigenvalue weighted by molar-refractivity contribution is 9.10. The van der Waals surface area contributed by atoms with E-state index in [2.05, 4.69) is 37.2 Å². The normalized spacial score (nSPS) is 10.3. The molecule has 6 heteroatoms. The Labute approximate surface area is 145 Å². The van der Waals surface area contributed by atoms with E-state index in [0.29, 0.717) is 23.2 Å². The fourth-order valence-electron chi connectivity index (χ4n) is 1.77. The molecule has 3 nitrogen and oxygen atoms in total. The molecule has 116 valence electrons. The van der Waals surface area contributed by atoms with Crippen molar-refractivity contribution in [2.24, 2.45) is 0 Å². The third kappa shape index (κ3) is 5.42. The number of carbonyl (C=O) groups excluding carboxylic acids is 1. The lowest BCUT2D eigenvalue weighted by atomic mass is 10.1. The first kappa shape index (κ1) is 17.0. The molecule has 0 saturated heterocycles. The average molecular weight is 431 g/mol. The molecule has 2 aromatic carbocycles. The monoisotopic (exact) mass is 429 g/mol. The zero-order chi connectivity index (χ0) is 15.9. The number of carbonyl (C=O) groups is 1. The van der Waals surface area contributed by atoms with Gasteiger partial charge in [-0.2, -0.15) is 0 Å². The van der Waals surface area contributed by atoms with Crippen molar-refractivity contribution in [3.8, 4) is 5.75 Å². The number of nitrogens with one attached hydrogen (secondary N) is 1. The Kier molecular flexibility index (Phi) is 6.39. The smallest absolute Gasteiger partial charge is 0.257 e. The Morgan fingerprint density at radius 1 is 1.14 bits per heavy atom. The maximum Gasteiger partial charge on any atom is 0.257 e. The molecule has 2 aromatic rings. The molecular weight excluding hydrogens is 417 g/mol. The molecular formula is C16H14Br2FNO2. The number of hydrogen-bond donors (Lipinski definition) is 1. The van der Waals surface area contributed by atoms with E-state index < -0.39 is 0 Å². The van der Waals surface area contributed by atoms with Crippen LogP contribution in [0.25, 0.3) is 0 Å². The van der Waals surface area contributed by atoms with Crippen molar-refractivity contribution in [3.63, 3.8) is 0 Å². The van der Waals surface area contributed by atoms with Crippen molar-refractivity contribution < 1.29 is 13.9 Å². The van der Waals surface area contributed by atoms with E-state index in [9.17, 15) is 9.18 Å². The van der Waals surface area contributed by atoms with Gasteiger partial charge < -0.3 is 10.1 Å². The second kappa shape index (κ2) is 8.29. The van der Waals surface area contributed by atoms with Crippen LogP contribution in [0.4, 0.5) is 4.39 Å². The summed E-state index contributed by atoms with van der Waals surface area (Å²) in [5.41, 5.74) is 0.947. The molecule has 0 radical (unpaired) electrons. The van der Waals surface area contributed by atoms with Crippen molar-refractivity contribution in [2.45, 2.75) is 6.42 Å². The summed E-state index contributed by atoms with van der Waals surface area (Å²) in [4.78, 5) is 11.7. The Morgan fingerprint density at radius 2 is 1.86 bits per heavy atom. The van der Waals surface area contributed by atoms with Gasteiger partial charge in [0.05, 0.1) is 4.47 Å². The van der Waals surface area contributed by atoms with E-state index in [1.165, 1.54) is 6.07 Å². The van der Waals surface area contributed by atoms with Gasteiger partial charge in [-0.1, -0.05) is 22.0 Å². The van der Waals surface area contributed by atoms with Gasteiger partial charge in [-0.3, -0.25) is 4.79 Å². The molecule has 0 heterocycles. The van der Waals surface area contributed by atoms with E-state index in [1.807, 2.05) is 12.1 Å². The summed E-state index contributed by atoms with van der Waals surface area (Å²) >= 11 is 6.47. The van der Waals surface area contributed by atoms with Crippen molar-refractivity contribution in [1.29, 1.82) is 0 Å². The van der Waals surface area contributed by atoms with Gasteiger partial charge in [0.1, 0.15) is 11.6 Å². The summed E-state index contributed by atoms with van der Waals surface area (Å²) in [5.74, 6) is 0.153. The number of benzene rings is 2. The highest BCUT2D eigenvalue weighted by atomic mass is 79.9. The Balaban J connectivity index is 1.71. The Bertz CT molecular complexity index is 647. The van der Waals surface area contributed by atoms with E-state index in [-0.39, 0.29) is 18.3 Å². The molecule has 0 aliphatic rings. The minimum atomic E-state index is -0.296. The van der Waals surface area contributed by atoms with Crippen LogP contribution < -0.4 is 10.1 Å². The first-order valence-electron chi connectivity index (χ1n) is 6.63. The van der Waals surface area contributed by atoms with Gasteiger partial charge in [0.15, 0.2) is 6.61 Å². The molecule has 0 saturated carbocycles. The molecule has 0 bridgehead atoms. The molecule has 1 amide bonds. The molecule has 0 spiro atoms. The second-order valence-corrected chi connectivity index (χ2v) is 6.36. The van der Waals surface area contributed by atoms with Crippen LogP contribution in [0.1, 0.15) is 5.56 Å². The number of hydrogen-bond acceptors (Lipinski definition) is 2. The van der Waals surface area contributed by atoms with Crippen LogP contribution in [0, 0.1) is 5.82 Å². The number of rotatable bonds is 6. The maximum absolute atomic E-state index is 13.1. The van der Waals surface area contributed by atoms with Crippen LogP contribution in [0.15, 0.2) is 51.4 Å². The first-order valence-corrected chi connectivity index (χ1v) is 8.22. The Morgan fingerprint density at radius 3 is 2.55 bits per heavy atom. The highest BCUT2D eigenvalue weighted by Crippen LogP contribution is 2.17. The third-order valence-electron chi connectivity index (χ3n) is 2.90. The van der Waals surface area contributed by atoms with Gasteiger partial charge in [0, 0.05) is 11.0 Å². The molecule has 0 atom stereocenters. The number of ether oxygens (including phenoxy) is 1. The zero-order valence-electron chi connectivity index (χ0n) is 11.6. The SMILES string of the molecule is O=C(COc1ccc(Br)cc1)NCCc1ccc(F)c(Br)c1. The second-order valence-electron chi connectivity index (χ2n) is 4.59. The fourth-order valence-corrected chi connectivity index (χ4v) is 2.46.